The first-order valence-corrected chi connectivity index (χ1v) is 5.94. The van der Waals surface area contributed by atoms with E-state index in [1.165, 1.54) is 0 Å². The van der Waals surface area contributed by atoms with Gasteiger partial charge in [-0.3, -0.25) is 0 Å². The van der Waals surface area contributed by atoms with Gasteiger partial charge < -0.3 is 21.7 Å². The van der Waals surface area contributed by atoms with E-state index in [1.807, 2.05) is 6.92 Å². The molecule has 2 atom stereocenters. The number of nitrogens with two attached hydrogens (primary N) is 2. The van der Waals surface area contributed by atoms with Crippen molar-refractivity contribution in [3.8, 4) is 5.75 Å². The molecule has 4 nitrogen and oxygen atoms in total. The zero-order valence-corrected chi connectivity index (χ0v) is 10.6. The Bertz CT molecular complexity index is 383. The summed E-state index contributed by atoms with van der Waals surface area (Å²) in [6.45, 7) is 1.73. The Labute approximate surface area is 106 Å². The molecular formula is C12H19ClN2O2. The van der Waals surface area contributed by atoms with Crippen molar-refractivity contribution in [2.45, 2.75) is 31.8 Å². The molecule has 1 aromatic rings. The fourth-order valence-electron chi connectivity index (χ4n) is 1.72. The average molecular weight is 259 g/mol. The standard InChI is InChI=1S/C12H19ClN2O2/c1-7(14)2-8-3-10(13)4-9(12(8)17)5-11(15)6-16/h3-4,7,11,16-17H,2,5-6,14-15H2,1H3. The van der Waals surface area contributed by atoms with Crippen LogP contribution in [0.1, 0.15) is 18.1 Å². The van der Waals surface area contributed by atoms with E-state index in [0.717, 1.165) is 0 Å². The summed E-state index contributed by atoms with van der Waals surface area (Å²) in [5, 5.41) is 19.5. The fourth-order valence-corrected chi connectivity index (χ4v) is 1.99. The molecule has 0 saturated heterocycles. The van der Waals surface area contributed by atoms with Crippen LogP contribution in [0.3, 0.4) is 0 Å². The van der Waals surface area contributed by atoms with Crippen LogP contribution in [-0.2, 0) is 12.8 Å². The number of rotatable bonds is 5. The molecule has 5 heteroatoms. The highest BCUT2D eigenvalue weighted by atomic mass is 35.5. The monoisotopic (exact) mass is 258 g/mol. The van der Waals surface area contributed by atoms with Gasteiger partial charge in [-0.05, 0) is 43.0 Å². The van der Waals surface area contributed by atoms with Crippen LogP contribution in [0, 0.1) is 0 Å². The van der Waals surface area contributed by atoms with E-state index in [-0.39, 0.29) is 18.4 Å². The second-order valence-electron chi connectivity index (χ2n) is 4.40. The molecule has 0 amide bonds. The highest BCUT2D eigenvalue weighted by molar-refractivity contribution is 6.30. The molecule has 1 aromatic carbocycles. The molecule has 0 aliphatic carbocycles. The molecule has 0 aliphatic rings. The molecule has 0 spiro atoms. The number of hydrogen-bond donors (Lipinski definition) is 4. The Hall–Kier alpha value is -0.810. The average Bonchev–Trinajstić information content (AvgIpc) is 2.23. The quantitative estimate of drug-likeness (QED) is 0.629. The van der Waals surface area contributed by atoms with Crippen molar-refractivity contribution in [3.63, 3.8) is 0 Å². The second kappa shape index (κ2) is 6.21. The van der Waals surface area contributed by atoms with E-state index in [2.05, 4.69) is 0 Å². The Morgan fingerprint density at radius 1 is 1.24 bits per heavy atom. The van der Waals surface area contributed by atoms with Gasteiger partial charge in [-0.2, -0.15) is 0 Å². The molecule has 0 saturated carbocycles. The maximum absolute atomic E-state index is 10.1. The summed E-state index contributed by atoms with van der Waals surface area (Å²) >= 11 is 5.98. The summed E-state index contributed by atoms with van der Waals surface area (Å²) in [4.78, 5) is 0. The van der Waals surface area contributed by atoms with Crippen LogP contribution in [0.2, 0.25) is 5.02 Å². The molecule has 96 valence electrons. The van der Waals surface area contributed by atoms with Crippen molar-refractivity contribution in [2.75, 3.05) is 6.61 Å². The zero-order valence-electron chi connectivity index (χ0n) is 9.86. The maximum Gasteiger partial charge on any atom is 0.122 e. The predicted molar refractivity (Wildman–Crippen MR) is 69.2 cm³/mol. The largest absolute Gasteiger partial charge is 0.507 e. The Morgan fingerprint density at radius 3 is 2.24 bits per heavy atom. The third kappa shape index (κ3) is 4.16. The highest BCUT2D eigenvalue weighted by Gasteiger charge is 2.13. The lowest BCUT2D eigenvalue weighted by Crippen LogP contribution is -2.27. The van der Waals surface area contributed by atoms with Crippen LogP contribution in [0.25, 0.3) is 0 Å². The van der Waals surface area contributed by atoms with Crippen molar-refractivity contribution in [1.82, 2.24) is 0 Å². The number of aliphatic hydroxyl groups excluding tert-OH is 1. The number of aliphatic hydroxyl groups is 1. The normalized spacial score (nSPS) is 14.6. The van der Waals surface area contributed by atoms with E-state index in [4.69, 9.17) is 28.2 Å². The Kier molecular flexibility index (Phi) is 5.21. The lowest BCUT2D eigenvalue weighted by atomic mass is 9.99. The van der Waals surface area contributed by atoms with Gasteiger partial charge in [0.2, 0.25) is 0 Å². The molecule has 0 fully saturated rings. The van der Waals surface area contributed by atoms with E-state index in [1.54, 1.807) is 12.1 Å². The van der Waals surface area contributed by atoms with Gasteiger partial charge in [-0.1, -0.05) is 11.6 Å². The number of phenolic OH excluding ortho intramolecular Hbond substituents is 1. The summed E-state index contributed by atoms with van der Waals surface area (Å²) in [6.07, 6.45) is 0.933. The summed E-state index contributed by atoms with van der Waals surface area (Å²) in [6, 6.07) is 2.91. The van der Waals surface area contributed by atoms with Crippen molar-refractivity contribution >= 4 is 11.6 Å². The van der Waals surface area contributed by atoms with E-state index < -0.39 is 6.04 Å². The third-order valence-electron chi connectivity index (χ3n) is 2.49. The lowest BCUT2D eigenvalue weighted by Gasteiger charge is -2.14. The SMILES string of the molecule is CC(N)Cc1cc(Cl)cc(CC(N)CO)c1O. The summed E-state index contributed by atoms with van der Waals surface area (Å²) < 4.78 is 0. The number of hydrogen-bond acceptors (Lipinski definition) is 4. The van der Waals surface area contributed by atoms with Crippen LogP contribution < -0.4 is 11.5 Å². The number of aromatic hydroxyl groups is 1. The molecule has 17 heavy (non-hydrogen) atoms. The van der Waals surface area contributed by atoms with E-state index >= 15 is 0 Å². The smallest absolute Gasteiger partial charge is 0.122 e. The van der Waals surface area contributed by atoms with Crippen LogP contribution in [-0.4, -0.2) is 28.9 Å². The van der Waals surface area contributed by atoms with Crippen molar-refractivity contribution in [1.29, 1.82) is 0 Å². The third-order valence-corrected chi connectivity index (χ3v) is 2.71. The van der Waals surface area contributed by atoms with Crippen LogP contribution >= 0.6 is 11.6 Å². The molecule has 0 heterocycles. The van der Waals surface area contributed by atoms with Gasteiger partial charge in [0.15, 0.2) is 0 Å². The van der Waals surface area contributed by atoms with Gasteiger partial charge >= 0.3 is 0 Å². The minimum Gasteiger partial charge on any atom is -0.507 e. The molecule has 0 bridgehead atoms. The minimum atomic E-state index is -0.400. The molecule has 0 aromatic heterocycles. The van der Waals surface area contributed by atoms with Gasteiger partial charge in [0.05, 0.1) is 6.61 Å². The number of benzene rings is 1. The summed E-state index contributed by atoms with van der Waals surface area (Å²) in [7, 11) is 0. The first-order chi connectivity index (χ1) is 7.93. The first kappa shape index (κ1) is 14.3. The van der Waals surface area contributed by atoms with Gasteiger partial charge in [0, 0.05) is 17.1 Å². The molecule has 0 radical (unpaired) electrons. The van der Waals surface area contributed by atoms with Crippen LogP contribution in [0.4, 0.5) is 0 Å². The van der Waals surface area contributed by atoms with Gasteiger partial charge in [-0.25, -0.2) is 0 Å². The number of halogens is 1. The van der Waals surface area contributed by atoms with Gasteiger partial charge in [0.25, 0.3) is 0 Å². The van der Waals surface area contributed by atoms with Crippen molar-refractivity contribution in [3.05, 3.63) is 28.3 Å². The zero-order chi connectivity index (χ0) is 13.0. The highest BCUT2D eigenvalue weighted by Crippen LogP contribution is 2.28. The maximum atomic E-state index is 10.1. The molecule has 2 unspecified atom stereocenters. The van der Waals surface area contributed by atoms with Gasteiger partial charge in [0.1, 0.15) is 5.75 Å². The van der Waals surface area contributed by atoms with Crippen LogP contribution in [0.15, 0.2) is 12.1 Å². The lowest BCUT2D eigenvalue weighted by molar-refractivity contribution is 0.264. The predicted octanol–water partition coefficient (Wildman–Crippen LogP) is 0.797. The first-order valence-electron chi connectivity index (χ1n) is 5.56. The number of phenols is 1. The summed E-state index contributed by atoms with van der Waals surface area (Å²) in [5.41, 5.74) is 12.7. The van der Waals surface area contributed by atoms with E-state index in [0.29, 0.717) is 29.0 Å². The van der Waals surface area contributed by atoms with Crippen LogP contribution in [0.5, 0.6) is 5.75 Å². The second-order valence-corrected chi connectivity index (χ2v) is 4.84. The minimum absolute atomic E-state index is 0.0567. The summed E-state index contributed by atoms with van der Waals surface area (Å²) in [5.74, 6) is 0.176. The topological polar surface area (TPSA) is 92.5 Å². The molecule has 0 aliphatic heterocycles. The molecule has 6 N–H and O–H groups in total. The molecule has 1 rings (SSSR count). The van der Waals surface area contributed by atoms with Gasteiger partial charge in [-0.15, -0.1) is 0 Å². The van der Waals surface area contributed by atoms with E-state index in [9.17, 15) is 5.11 Å². The fraction of sp³-hybridized carbons (Fsp3) is 0.500. The van der Waals surface area contributed by atoms with Crippen molar-refractivity contribution < 1.29 is 10.2 Å². The Balaban J connectivity index is 3.01. The Morgan fingerprint density at radius 2 is 1.76 bits per heavy atom. The van der Waals surface area contributed by atoms with Crippen molar-refractivity contribution in [2.24, 2.45) is 11.5 Å². The molecular weight excluding hydrogens is 240 g/mol.